The minimum Gasteiger partial charge on any atom is -0.392 e. The first-order valence-corrected chi connectivity index (χ1v) is 9.05. The first kappa shape index (κ1) is 18.1. The molecule has 1 fully saturated rings. The average Bonchev–Trinajstić information content (AvgIpc) is 2.99. The number of hydrogen-bond acceptors (Lipinski definition) is 4. The number of likely N-dealkylation sites (tertiary alicyclic amines) is 1. The van der Waals surface area contributed by atoms with Crippen LogP contribution in [0, 0.1) is 0 Å². The quantitative estimate of drug-likeness (QED) is 0.725. The van der Waals surface area contributed by atoms with Gasteiger partial charge in [-0.05, 0) is 30.0 Å². The Morgan fingerprint density at radius 2 is 1.88 bits per heavy atom. The maximum Gasteiger partial charge on any atom is 0.0682 e. The minimum absolute atomic E-state index is 0.0697. The molecule has 0 bridgehead atoms. The van der Waals surface area contributed by atoms with Crippen LogP contribution in [0.2, 0.25) is 0 Å². The normalized spacial score (nSPS) is 22.2. The van der Waals surface area contributed by atoms with E-state index in [0.717, 1.165) is 31.6 Å². The maximum atomic E-state index is 10.1. The van der Waals surface area contributed by atoms with Gasteiger partial charge in [-0.2, -0.15) is 0 Å². The number of aliphatic hydroxyl groups is 2. The standard InChI is InChI=1S/C21H28N2O2/c1-16(19-9-5-8-18(10-19)15-24)22-12-20-11-21(25)14-23(20)13-17-6-3-2-4-7-17/h2-10,16,20-22,24-25H,11-15H2,1H3. The number of rotatable bonds is 7. The molecule has 4 heteroatoms. The fourth-order valence-corrected chi connectivity index (χ4v) is 3.57. The van der Waals surface area contributed by atoms with Gasteiger partial charge in [0.15, 0.2) is 0 Å². The van der Waals surface area contributed by atoms with Gasteiger partial charge in [0.2, 0.25) is 0 Å². The lowest BCUT2D eigenvalue weighted by atomic mass is 10.0. The van der Waals surface area contributed by atoms with E-state index in [2.05, 4.69) is 47.5 Å². The molecule has 0 saturated carbocycles. The van der Waals surface area contributed by atoms with Gasteiger partial charge in [0.25, 0.3) is 0 Å². The zero-order chi connectivity index (χ0) is 17.6. The van der Waals surface area contributed by atoms with E-state index < -0.39 is 0 Å². The lowest BCUT2D eigenvalue weighted by Gasteiger charge is -2.26. The first-order chi connectivity index (χ1) is 12.2. The van der Waals surface area contributed by atoms with Crippen molar-refractivity contribution in [3.63, 3.8) is 0 Å². The predicted molar refractivity (Wildman–Crippen MR) is 100 cm³/mol. The number of nitrogens with zero attached hydrogens (tertiary/aromatic N) is 1. The molecule has 0 aromatic heterocycles. The maximum absolute atomic E-state index is 10.1. The van der Waals surface area contributed by atoms with E-state index in [1.54, 1.807) is 0 Å². The van der Waals surface area contributed by atoms with Crippen molar-refractivity contribution in [3.05, 3.63) is 71.3 Å². The molecule has 1 saturated heterocycles. The fraction of sp³-hybridized carbons (Fsp3) is 0.429. The molecular weight excluding hydrogens is 312 g/mol. The molecule has 3 N–H and O–H groups in total. The van der Waals surface area contributed by atoms with Crippen molar-refractivity contribution in [2.45, 2.75) is 44.7 Å². The van der Waals surface area contributed by atoms with Crippen LogP contribution >= 0.6 is 0 Å². The summed E-state index contributed by atoms with van der Waals surface area (Å²) >= 11 is 0. The second-order valence-electron chi connectivity index (χ2n) is 6.99. The number of nitrogens with one attached hydrogen (secondary N) is 1. The summed E-state index contributed by atoms with van der Waals surface area (Å²) in [5, 5.41) is 23.0. The molecule has 3 atom stereocenters. The Balaban J connectivity index is 1.58. The van der Waals surface area contributed by atoms with Crippen molar-refractivity contribution >= 4 is 0 Å². The predicted octanol–water partition coefficient (Wildman–Crippen LogP) is 2.46. The average molecular weight is 340 g/mol. The third-order valence-corrected chi connectivity index (χ3v) is 5.03. The van der Waals surface area contributed by atoms with Gasteiger partial charge in [0.1, 0.15) is 0 Å². The molecule has 3 rings (SSSR count). The summed E-state index contributed by atoms with van der Waals surface area (Å²) in [7, 11) is 0. The van der Waals surface area contributed by atoms with Crippen molar-refractivity contribution in [2.75, 3.05) is 13.1 Å². The Bertz CT molecular complexity index is 662. The van der Waals surface area contributed by atoms with Crippen molar-refractivity contribution < 1.29 is 10.2 Å². The van der Waals surface area contributed by atoms with Crippen LogP contribution < -0.4 is 5.32 Å². The van der Waals surface area contributed by atoms with E-state index in [1.807, 2.05) is 24.3 Å². The van der Waals surface area contributed by atoms with Gasteiger partial charge in [-0.1, -0.05) is 54.6 Å². The summed E-state index contributed by atoms with van der Waals surface area (Å²) in [5.41, 5.74) is 3.40. The molecule has 134 valence electrons. The highest BCUT2D eigenvalue weighted by Crippen LogP contribution is 2.21. The lowest BCUT2D eigenvalue weighted by molar-refractivity contribution is 0.172. The molecular formula is C21H28N2O2. The zero-order valence-corrected chi connectivity index (χ0v) is 14.8. The lowest BCUT2D eigenvalue weighted by Crippen LogP contribution is -2.38. The van der Waals surface area contributed by atoms with E-state index in [-0.39, 0.29) is 18.8 Å². The summed E-state index contributed by atoms with van der Waals surface area (Å²) in [5.74, 6) is 0. The zero-order valence-electron chi connectivity index (χ0n) is 14.8. The highest BCUT2D eigenvalue weighted by molar-refractivity contribution is 5.25. The van der Waals surface area contributed by atoms with Crippen molar-refractivity contribution in [1.82, 2.24) is 10.2 Å². The van der Waals surface area contributed by atoms with E-state index >= 15 is 0 Å². The van der Waals surface area contributed by atoms with Crippen LogP contribution in [0.15, 0.2) is 54.6 Å². The minimum atomic E-state index is -0.247. The Morgan fingerprint density at radius 1 is 1.12 bits per heavy atom. The largest absolute Gasteiger partial charge is 0.392 e. The number of β-amino-alcohol motifs (C(OH)–C–C–N with tert-alkyl or cyclic N) is 1. The smallest absolute Gasteiger partial charge is 0.0682 e. The highest BCUT2D eigenvalue weighted by atomic mass is 16.3. The fourth-order valence-electron chi connectivity index (χ4n) is 3.57. The topological polar surface area (TPSA) is 55.7 Å². The van der Waals surface area contributed by atoms with E-state index in [0.29, 0.717) is 6.04 Å². The Morgan fingerprint density at radius 3 is 2.64 bits per heavy atom. The molecule has 1 aliphatic rings. The number of hydrogen-bond donors (Lipinski definition) is 3. The summed E-state index contributed by atoms with van der Waals surface area (Å²) in [6.07, 6.45) is 0.562. The summed E-state index contributed by atoms with van der Waals surface area (Å²) in [4.78, 5) is 2.36. The van der Waals surface area contributed by atoms with Gasteiger partial charge in [0, 0.05) is 31.7 Å². The van der Waals surface area contributed by atoms with E-state index in [9.17, 15) is 10.2 Å². The third-order valence-electron chi connectivity index (χ3n) is 5.03. The van der Waals surface area contributed by atoms with Gasteiger partial charge in [-0.15, -0.1) is 0 Å². The van der Waals surface area contributed by atoms with Crippen LogP contribution in [-0.2, 0) is 13.2 Å². The molecule has 2 aromatic rings. The first-order valence-electron chi connectivity index (χ1n) is 9.05. The molecule has 1 aliphatic heterocycles. The highest BCUT2D eigenvalue weighted by Gasteiger charge is 2.30. The van der Waals surface area contributed by atoms with Gasteiger partial charge in [-0.25, -0.2) is 0 Å². The second kappa shape index (κ2) is 8.59. The molecule has 0 radical (unpaired) electrons. The second-order valence-corrected chi connectivity index (χ2v) is 6.99. The number of aliphatic hydroxyl groups excluding tert-OH is 2. The molecule has 2 aromatic carbocycles. The third kappa shape index (κ3) is 4.89. The molecule has 4 nitrogen and oxygen atoms in total. The summed E-state index contributed by atoms with van der Waals surface area (Å²) in [6, 6.07) is 19.0. The van der Waals surface area contributed by atoms with Crippen molar-refractivity contribution in [2.24, 2.45) is 0 Å². The van der Waals surface area contributed by atoms with Gasteiger partial charge < -0.3 is 15.5 Å². The molecule has 1 heterocycles. The van der Waals surface area contributed by atoms with E-state index in [1.165, 1.54) is 11.1 Å². The Kier molecular flexibility index (Phi) is 6.21. The van der Waals surface area contributed by atoms with Crippen LogP contribution in [0.3, 0.4) is 0 Å². The summed E-state index contributed by atoms with van der Waals surface area (Å²) in [6.45, 7) is 4.66. The van der Waals surface area contributed by atoms with Crippen LogP contribution in [-0.4, -0.2) is 40.3 Å². The van der Waals surface area contributed by atoms with E-state index in [4.69, 9.17) is 0 Å². The SMILES string of the molecule is CC(NCC1CC(O)CN1Cc1ccccc1)c1cccc(CO)c1. The molecule has 0 amide bonds. The molecule has 0 aliphatic carbocycles. The van der Waals surface area contributed by atoms with Crippen LogP contribution in [0.25, 0.3) is 0 Å². The van der Waals surface area contributed by atoms with Gasteiger partial charge in [-0.3, -0.25) is 4.90 Å². The Hall–Kier alpha value is -1.72. The van der Waals surface area contributed by atoms with Crippen molar-refractivity contribution in [1.29, 1.82) is 0 Å². The van der Waals surface area contributed by atoms with Gasteiger partial charge >= 0.3 is 0 Å². The monoisotopic (exact) mass is 340 g/mol. The van der Waals surface area contributed by atoms with Crippen molar-refractivity contribution in [3.8, 4) is 0 Å². The summed E-state index contributed by atoms with van der Waals surface area (Å²) < 4.78 is 0. The van der Waals surface area contributed by atoms with Crippen LogP contribution in [0.5, 0.6) is 0 Å². The number of benzene rings is 2. The Labute approximate surface area is 150 Å². The molecule has 3 unspecified atom stereocenters. The van der Waals surface area contributed by atoms with Gasteiger partial charge in [0.05, 0.1) is 12.7 Å². The molecule has 25 heavy (non-hydrogen) atoms. The van der Waals surface area contributed by atoms with Crippen LogP contribution in [0.1, 0.15) is 36.1 Å². The van der Waals surface area contributed by atoms with Crippen LogP contribution in [0.4, 0.5) is 0 Å². The molecule has 0 spiro atoms.